The van der Waals surface area contributed by atoms with E-state index in [1.807, 2.05) is 73.5 Å². The maximum absolute atomic E-state index is 10.3. The zero-order valence-electron chi connectivity index (χ0n) is 15.5. The zero-order chi connectivity index (χ0) is 18.9. The summed E-state index contributed by atoms with van der Waals surface area (Å²) in [7, 11) is 3.55. The minimum absolute atomic E-state index is 0.187. The maximum Gasteiger partial charge on any atom is 0.161 e. The first-order valence-corrected chi connectivity index (χ1v) is 8.94. The number of likely N-dealkylation sites (N-methyl/N-ethyl adjacent to an activating group) is 1. The predicted octanol–water partition coefficient (Wildman–Crippen LogP) is 4.25. The number of benzene rings is 2. The van der Waals surface area contributed by atoms with Crippen molar-refractivity contribution in [2.75, 3.05) is 27.3 Å². The minimum atomic E-state index is -0.623. The van der Waals surface area contributed by atoms with Gasteiger partial charge in [-0.25, -0.2) is 0 Å². The number of aliphatic hydroxyl groups excluding tert-OH is 1. The lowest BCUT2D eigenvalue weighted by atomic mass is 10.2. The third-order valence-corrected chi connectivity index (χ3v) is 4.27. The van der Waals surface area contributed by atoms with E-state index in [2.05, 4.69) is 0 Å². The van der Waals surface area contributed by atoms with Crippen molar-refractivity contribution in [2.45, 2.75) is 19.6 Å². The van der Waals surface area contributed by atoms with Gasteiger partial charge in [-0.2, -0.15) is 0 Å². The summed E-state index contributed by atoms with van der Waals surface area (Å²) in [5.41, 5.74) is 2.07. The Morgan fingerprint density at radius 1 is 1.19 bits per heavy atom. The van der Waals surface area contributed by atoms with Crippen LogP contribution in [0.4, 0.5) is 0 Å². The summed E-state index contributed by atoms with van der Waals surface area (Å²) in [6, 6.07) is 13.4. The molecule has 0 saturated carbocycles. The van der Waals surface area contributed by atoms with Crippen LogP contribution >= 0.6 is 11.6 Å². The zero-order valence-corrected chi connectivity index (χ0v) is 16.2. The number of halogens is 1. The first-order chi connectivity index (χ1) is 12.5. The molecule has 0 aliphatic heterocycles. The Kier molecular flexibility index (Phi) is 7.98. The van der Waals surface area contributed by atoms with Crippen LogP contribution in [-0.2, 0) is 6.54 Å². The molecule has 0 aromatic heterocycles. The first-order valence-electron chi connectivity index (χ1n) is 8.57. The molecule has 4 nitrogen and oxygen atoms in total. The molecule has 0 radical (unpaired) electrons. The van der Waals surface area contributed by atoms with Gasteiger partial charge in [-0.1, -0.05) is 48.0 Å². The Hall–Kier alpha value is -2.01. The van der Waals surface area contributed by atoms with Gasteiger partial charge in [0.05, 0.1) is 7.11 Å². The van der Waals surface area contributed by atoms with E-state index in [-0.39, 0.29) is 6.61 Å². The van der Waals surface area contributed by atoms with Gasteiger partial charge >= 0.3 is 0 Å². The number of methoxy groups -OCH3 is 1. The summed E-state index contributed by atoms with van der Waals surface area (Å²) >= 11 is 6.18. The molecule has 0 spiro atoms. The summed E-state index contributed by atoms with van der Waals surface area (Å²) in [5.74, 6) is 1.27. The van der Waals surface area contributed by atoms with Gasteiger partial charge in [-0.15, -0.1) is 0 Å². The topological polar surface area (TPSA) is 41.9 Å². The van der Waals surface area contributed by atoms with Crippen molar-refractivity contribution in [1.29, 1.82) is 0 Å². The number of aliphatic hydroxyl groups is 1. The molecule has 0 saturated heterocycles. The van der Waals surface area contributed by atoms with E-state index in [0.29, 0.717) is 24.6 Å². The molecule has 0 aliphatic rings. The van der Waals surface area contributed by atoms with Crippen LogP contribution in [0.3, 0.4) is 0 Å². The second kappa shape index (κ2) is 10.2. The summed E-state index contributed by atoms with van der Waals surface area (Å²) in [4.78, 5) is 2.02. The highest BCUT2D eigenvalue weighted by Crippen LogP contribution is 2.28. The molecule has 0 aliphatic carbocycles. The summed E-state index contributed by atoms with van der Waals surface area (Å²) in [5, 5.41) is 11.0. The number of rotatable bonds is 9. The van der Waals surface area contributed by atoms with Gasteiger partial charge in [-0.05, 0) is 43.3 Å². The van der Waals surface area contributed by atoms with E-state index in [1.165, 1.54) is 0 Å². The standard InChI is InChI=1S/C21H26ClNO3/c1-4-7-16-10-11-20(21(12-16)25-3)26-15-18(24)14-23(2)13-17-8-5-6-9-19(17)22/h4-12,18,24H,13-15H2,1-3H3/b7-4+. The van der Waals surface area contributed by atoms with Crippen LogP contribution in [0.15, 0.2) is 48.5 Å². The van der Waals surface area contributed by atoms with Crippen molar-refractivity contribution in [3.63, 3.8) is 0 Å². The molecule has 0 fully saturated rings. The van der Waals surface area contributed by atoms with Gasteiger partial charge in [0.25, 0.3) is 0 Å². The number of nitrogens with zero attached hydrogens (tertiary/aromatic N) is 1. The normalized spacial score (nSPS) is 12.5. The largest absolute Gasteiger partial charge is 0.493 e. The molecule has 0 amide bonds. The van der Waals surface area contributed by atoms with E-state index in [4.69, 9.17) is 21.1 Å². The summed E-state index contributed by atoms with van der Waals surface area (Å²) < 4.78 is 11.1. The molecule has 2 aromatic rings. The second-order valence-corrected chi connectivity index (χ2v) is 6.57. The molecule has 2 rings (SSSR count). The van der Waals surface area contributed by atoms with Gasteiger partial charge in [0.1, 0.15) is 12.7 Å². The lowest BCUT2D eigenvalue weighted by molar-refractivity contribution is 0.0733. The van der Waals surface area contributed by atoms with Crippen LogP contribution in [0.25, 0.3) is 6.08 Å². The van der Waals surface area contributed by atoms with Crippen molar-refractivity contribution in [3.8, 4) is 11.5 Å². The van der Waals surface area contributed by atoms with Crippen LogP contribution in [0, 0.1) is 0 Å². The van der Waals surface area contributed by atoms with E-state index < -0.39 is 6.10 Å². The van der Waals surface area contributed by atoms with E-state index in [0.717, 1.165) is 16.1 Å². The van der Waals surface area contributed by atoms with Crippen LogP contribution in [0.5, 0.6) is 11.5 Å². The smallest absolute Gasteiger partial charge is 0.161 e. The molecule has 1 N–H and O–H groups in total. The Morgan fingerprint density at radius 2 is 1.96 bits per heavy atom. The molecule has 1 atom stereocenters. The van der Waals surface area contributed by atoms with Crippen molar-refractivity contribution in [2.24, 2.45) is 0 Å². The lowest BCUT2D eigenvalue weighted by Crippen LogP contribution is -2.32. The van der Waals surface area contributed by atoms with E-state index in [9.17, 15) is 5.11 Å². The van der Waals surface area contributed by atoms with Crippen LogP contribution in [0.2, 0.25) is 5.02 Å². The van der Waals surface area contributed by atoms with Crippen LogP contribution in [0.1, 0.15) is 18.1 Å². The summed E-state index contributed by atoms with van der Waals surface area (Å²) in [6.45, 7) is 3.29. The quantitative estimate of drug-likeness (QED) is 0.711. The third kappa shape index (κ3) is 6.06. The third-order valence-electron chi connectivity index (χ3n) is 3.90. The number of hydrogen-bond acceptors (Lipinski definition) is 4. The monoisotopic (exact) mass is 375 g/mol. The second-order valence-electron chi connectivity index (χ2n) is 6.16. The molecular weight excluding hydrogens is 350 g/mol. The molecule has 0 bridgehead atoms. The Balaban J connectivity index is 1.88. The van der Waals surface area contributed by atoms with Crippen LogP contribution < -0.4 is 9.47 Å². The Labute approximate surface area is 160 Å². The predicted molar refractivity (Wildman–Crippen MR) is 107 cm³/mol. The fraction of sp³-hybridized carbons (Fsp3) is 0.333. The fourth-order valence-corrected chi connectivity index (χ4v) is 2.88. The highest BCUT2D eigenvalue weighted by Gasteiger charge is 2.12. The Morgan fingerprint density at radius 3 is 2.65 bits per heavy atom. The van der Waals surface area contributed by atoms with E-state index >= 15 is 0 Å². The summed E-state index contributed by atoms with van der Waals surface area (Å²) in [6.07, 6.45) is 3.33. The van der Waals surface area contributed by atoms with Crippen molar-refractivity contribution >= 4 is 17.7 Å². The van der Waals surface area contributed by atoms with Gasteiger partial charge in [0.15, 0.2) is 11.5 Å². The molecule has 26 heavy (non-hydrogen) atoms. The van der Waals surface area contributed by atoms with Crippen molar-refractivity contribution < 1.29 is 14.6 Å². The van der Waals surface area contributed by atoms with Crippen molar-refractivity contribution in [1.82, 2.24) is 4.90 Å². The minimum Gasteiger partial charge on any atom is -0.493 e. The fourth-order valence-electron chi connectivity index (χ4n) is 2.68. The molecule has 1 unspecified atom stereocenters. The molecule has 140 valence electrons. The maximum atomic E-state index is 10.3. The molecule has 2 aromatic carbocycles. The van der Waals surface area contributed by atoms with Gasteiger partial charge in [0, 0.05) is 18.1 Å². The number of ether oxygens (including phenoxy) is 2. The first kappa shape index (κ1) is 20.3. The SMILES string of the molecule is C/C=C/c1ccc(OCC(O)CN(C)Cc2ccccc2Cl)c(OC)c1. The Bertz CT molecular complexity index is 733. The average molecular weight is 376 g/mol. The lowest BCUT2D eigenvalue weighted by Gasteiger charge is -2.21. The molecule has 0 heterocycles. The number of hydrogen-bond donors (Lipinski definition) is 1. The highest BCUT2D eigenvalue weighted by molar-refractivity contribution is 6.31. The van der Waals surface area contributed by atoms with Gasteiger partial charge < -0.3 is 14.6 Å². The van der Waals surface area contributed by atoms with Gasteiger partial charge in [0.2, 0.25) is 0 Å². The average Bonchev–Trinajstić information content (AvgIpc) is 2.62. The van der Waals surface area contributed by atoms with Crippen molar-refractivity contribution in [3.05, 3.63) is 64.7 Å². The van der Waals surface area contributed by atoms with Crippen LogP contribution in [-0.4, -0.2) is 43.4 Å². The van der Waals surface area contributed by atoms with Gasteiger partial charge in [-0.3, -0.25) is 4.90 Å². The number of allylic oxidation sites excluding steroid dienone is 1. The molecular formula is C21H26ClNO3. The highest BCUT2D eigenvalue weighted by atomic mass is 35.5. The van der Waals surface area contributed by atoms with E-state index in [1.54, 1.807) is 7.11 Å². The molecule has 5 heteroatoms.